The van der Waals surface area contributed by atoms with Crippen LogP contribution in [-0.4, -0.2) is 19.3 Å². The van der Waals surface area contributed by atoms with E-state index < -0.39 is 0 Å². The molecule has 0 spiro atoms. The van der Waals surface area contributed by atoms with Gasteiger partial charge in [0.05, 0.1) is 21.8 Å². The number of rotatable bonds is 3. The first kappa shape index (κ1) is 18.1. The molecular weight excluding hydrogens is 352 g/mol. The maximum atomic E-state index is 13.5. The van der Waals surface area contributed by atoms with Crippen molar-refractivity contribution >= 4 is 21.8 Å². The summed E-state index contributed by atoms with van der Waals surface area (Å²) in [6, 6.07) is 14.4. The Kier molecular flexibility index (Phi) is 4.34. The number of hydrogen-bond donors (Lipinski definition) is 0. The number of aromatic nitrogens is 4. The van der Waals surface area contributed by atoms with Crippen LogP contribution < -0.4 is 11.1 Å². The van der Waals surface area contributed by atoms with E-state index in [1.54, 1.807) is 24.3 Å². The van der Waals surface area contributed by atoms with E-state index in [4.69, 9.17) is 9.97 Å². The fourth-order valence-corrected chi connectivity index (χ4v) is 3.42. The topological polar surface area (TPSA) is 69.8 Å². The van der Waals surface area contributed by atoms with Gasteiger partial charge in [-0.2, -0.15) is 9.35 Å². The lowest BCUT2D eigenvalue weighted by molar-refractivity contribution is 0.496. The first-order valence-corrected chi connectivity index (χ1v) is 9.44. The third kappa shape index (κ3) is 2.72. The highest BCUT2D eigenvalue weighted by atomic mass is 16.2. The SMILES string of the molecule is CC(C)c1nc2ccccc2c(=O)n1-n1c(C(C)C)nc2ccccc2c1=O. The van der Waals surface area contributed by atoms with Crippen LogP contribution in [0.25, 0.3) is 21.8 Å². The van der Waals surface area contributed by atoms with E-state index in [9.17, 15) is 9.59 Å². The van der Waals surface area contributed by atoms with E-state index in [1.165, 1.54) is 9.35 Å². The van der Waals surface area contributed by atoms with Crippen LogP contribution in [0.1, 0.15) is 51.2 Å². The summed E-state index contributed by atoms with van der Waals surface area (Å²) in [7, 11) is 0. The molecule has 0 saturated heterocycles. The molecule has 0 radical (unpaired) electrons. The molecule has 0 N–H and O–H groups in total. The predicted molar refractivity (Wildman–Crippen MR) is 111 cm³/mol. The summed E-state index contributed by atoms with van der Waals surface area (Å²) in [4.78, 5) is 36.3. The van der Waals surface area contributed by atoms with E-state index in [0.717, 1.165) is 0 Å². The Bertz CT molecular complexity index is 1210. The zero-order chi connectivity index (χ0) is 20.0. The van der Waals surface area contributed by atoms with Gasteiger partial charge in [0.15, 0.2) is 0 Å². The normalized spacial score (nSPS) is 11.8. The average molecular weight is 374 g/mol. The van der Waals surface area contributed by atoms with E-state index in [0.29, 0.717) is 33.5 Å². The second kappa shape index (κ2) is 6.71. The maximum absolute atomic E-state index is 13.5. The predicted octanol–water partition coefficient (Wildman–Crippen LogP) is 3.66. The molecule has 4 aromatic rings. The molecule has 0 amide bonds. The molecule has 2 aromatic carbocycles. The Morgan fingerprint density at radius 2 is 1.00 bits per heavy atom. The van der Waals surface area contributed by atoms with Gasteiger partial charge in [-0.1, -0.05) is 52.0 Å². The van der Waals surface area contributed by atoms with Gasteiger partial charge in [0.25, 0.3) is 11.1 Å². The zero-order valence-corrected chi connectivity index (χ0v) is 16.4. The van der Waals surface area contributed by atoms with Crippen LogP contribution in [0.3, 0.4) is 0 Å². The molecule has 0 saturated carbocycles. The number of para-hydroxylation sites is 2. The summed E-state index contributed by atoms with van der Waals surface area (Å²) >= 11 is 0. The smallest absolute Gasteiger partial charge is 0.267 e. The summed E-state index contributed by atoms with van der Waals surface area (Å²) in [6.07, 6.45) is 0. The van der Waals surface area contributed by atoms with Gasteiger partial charge in [0.2, 0.25) is 0 Å². The minimum atomic E-state index is -0.268. The van der Waals surface area contributed by atoms with Crippen molar-refractivity contribution in [2.45, 2.75) is 39.5 Å². The first-order valence-electron chi connectivity index (χ1n) is 9.44. The van der Waals surface area contributed by atoms with Crippen molar-refractivity contribution in [3.63, 3.8) is 0 Å². The Hall–Kier alpha value is -3.28. The van der Waals surface area contributed by atoms with E-state index in [-0.39, 0.29) is 23.0 Å². The van der Waals surface area contributed by atoms with Gasteiger partial charge in [-0.05, 0) is 24.3 Å². The molecule has 0 bridgehead atoms. The Balaban J connectivity index is 2.24. The molecule has 0 unspecified atom stereocenters. The van der Waals surface area contributed by atoms with Crippen LogP contribution >= 0.6 is 0 Å². The third-order valence-corrected chi connectivity index (χ3v) is 4.79. The van der Waals surface area contributed by atoms with Gasteiger partial charge in [-0.25, -0.2) is 9.97 Å². The van der Waals surface area contributed by atoms with Gasteiger partial charge in [0, 0.05) is 11.8 Å². The lowest BCUT2D eigenvalue weighted by Gasteiger charge is -2.21. The first-order chi connectivity index (χ1) is 13.4. The minimum absolute atomic E-state index is 0.0595. The van der Waals surface area contributed by atoms with Gasteiger partial charge >= 0.3 is 0 Å². The largest absolute Gasteiger partial charge is 0.280 e. The molecule has 0 aliphatic carbocycles. The lowest BCUT2D eigenvalue weighted by Crippen LogP contribution is -2.40. The van der Waals surface area contributed by atoms with Gasteiger partial charge in [-0.3, -0.25) is 9.59 Å². The molecule has 6 nitrogen and oxygen atoms in total. The van der Waals surface area contributed by atoms with Crippen LogP contribution in [0.4, 0.5) is 0 Å². The van der Waals surface area contributed by atoms with Gasteiger partial charge in [-0.15, -0.1) is 0 Å². The van der Waals surface area contributed by atoms with Crippen molar-refractivity contribution in [1.29, 1.82) is 0 Å². The molecule has 4 rings (SSSR count). The molecule has 0 aliphatic heterocycles. The highest BCUT2D eigenvalue weighted by Gasteiger charge is 2.21. The van der Waals surface area contributed by atoms with Crippen LogP contribution in [0.15, 0.2) is 58.1 Å². The summed E-state index contributed by atoms with van der Waals surface area (Å²) in [6.45, 7) is 7.84. The molecule has 2 aromatic heterocycles. The van der Waals surface area contributed by atoms with Crippen LogP contribution in [0, 0.1) is 0 Å². The molecular formula is C22H22N4O2. The number of fused-ring (bicyclic) bond motifs is 2. The molecule has 142 valence electrons. The van der Waals surface area contributed by atoms with Crippen LogP contribution in [-0.2, 0) is 0 Å². The fourth-order valence-electron chi connectivity index (χ4n) is 3.42. The van der Waals surface area contributed by atoms with Crippen LogP contribution in [0.2, 0.25) is 0 Å². The third-order valence-electron chi connectivity index (χ3n) is 4.79. The summed E-state index contributed by atoms with van der Waals surface area (Å²) in [5.74, 6) is 0.945. The number of benzene rings is 2. The Labute approximate surface area is 162 Å². The molecule has 28 heavy (non-hydrogen) atoms. The monoisotopic (exact) mass is 374 g/mol. The standard InChI is InChI=1S/C22H22N4O2/c1-13(2)19-23-17-11-7-5-9-15(17)21(27)25(19)26-20(14(3)4)24-18-12-8-6-10-16(18)22(26)28/h5-14H,1-4H3. The van der Waals surface area contributed by atoms with E-state index in [1.807, 2.05) is 52.0 Å². The van der Waals surface area contributed by atoms with Gasteiger partial charge in [0.1, 0.15) is 11.6 Å². The molecule has 6 heteroatoms. The highest BCUT2D eigenvalue weighted by molar-refractivity contribution is 5.78. The van der Waals surface area contributed by atoms with Gasteiger partial charge < -0.3 is 0 Å². The van der Waals surface area contributed by atoms with E-state index >= 15 is 0 Å². The van der Waals surface area contributed by atoms with Crippen molar-refractivity contribution in [1.82, 2.24) is 19.3 Å². The Morgan fingerprint density at radius 3 is 1.36 bits per heavy atom. The fraction of sp³-hybridized carbons (Fsp3) is 0.273. The van der Waals surface area contributed by atoms with E-state index in [2.05, 4.69) is 0 Å². The quantitative estimate of drug-likeness (QED) is 0.549. The average Bonchev–Trinajstić information content (AvgIpc) is 2.68. The minimum Gasteiger partial charge on any atom is -0.267 e. The molecule has 2 heterocycles. The highest BCUT2D eigenvalue weighted by Crippen LogP contribution is 2.19. The summed E-state index contributed by atoms with van der Waals surface area (Å²) < 4.78 is 2.81. The molecule has 0 atom stereocenters. The maximum Gasteiger partial charge on any atom is 0.280 e. The molecule has 0 aliphatic rings. The van der Waals surface area contributed by atoms with Crippen molar-refractivity contribution in [3.05, 3.63) is 80.9 Å². The van der Waals surface area contributed by atoms with Crippen molar-refractivity contribution in [2.75, 3.05) is 0 Å². The number of nitrogens with zero attached hydrogens (tertiary/aromatic N) is 4. The van der Waals surface area contributed by atoms with Crippen molar-refractivity contribution in [2.24, 2.45) is 0 Å². The lowest BCUT2D eigenvalue weighted by atomic mass is 10.1. The summed E-state index contributed by atoms with van der Waals surface area (Å²) in [5, 5.41) is 0.948. The molecule has 0 fully saturated rings. The van der Waals surface area contributed by atoms with Crippen molar-refractivity contribution < 1.29 is 0 Å². The van der Waals surface area contributed by atoms with Crippen LogP contribution in [0.5, 0.6) is 0 Å². The zero-order valence-electron chi connectivity index (χ0n) is 16.4. The second-order valence-corrected chi connectivity index (χ2v) is 7.52. The Morgan fingerprint density at radius 1 is 0.643 bits per heavy atom. The summed E-state index contributed by atoms with van der Waals surface area (Å²) in [5.41, 5.74) is 0.714. The second-order valence-electron chi connectivity index (χ2n) is 7.52. The van der Waals surface area contributed by atoms with Crippen molar-refractivity contribution in [3.8, 4) is 0 Å². The number of hydrogen-bond acceptors (Lipinski definition) is 4.